The number of para-hydroxylation sites is 1. The Labute approximate surface area is 224 Å². The Balaban J connectivity index is 1.53. The van der Waals surface area contributed by atoms with E-state index in [1.165, 1.54) is 9.13 Å². The lowest BCUT2D eigenvalue weighted by molar-refractivity contribution is 0.495. The van der Waals surface area contributed by atoms with Crippen LogP contribution >= 0.6 is 0 Å². The number of rotatable bonds is 5. The minimum Gasteiger partial charge on any atom is -0.452 e. The maximum Gasteiger partial charge on any atom is 0.332 e. The highest BCUT2D eigenvalue weighted by molar-refractivity contribution is 6.02. The van der Waals surface area contributed by atoms with Crippen molar-refractivity contribution in [1.82, 2.24) is 28.7 Å². The second kappa shape index (κ2) is 9.49. The van der Waals surface area contributed by atoms with E-state index in [2.05, 4.69) is 9.88 Å². The van der Waals surface area contributed by atoms with E-state index >= 15 is 0 Å². The van der Waals surface area contributed by atoms with Crippen molar-refractivity contribution in [3.8, 4) is 0 Å². The Hall–Kier alpha value is -4.25. The lowest BCUT2D eigenvalue weighted by atomic mass is 10.1. The van der Waals surface area contributed by atoms with Crippen LogP contribution in [0.4, 0.5) is 5.95 Å². The summed E-state index contributed by atoms with van der Waals surface area (Å²) in [4.78, 5) is 43.7. The summed E-state index contributed by atoms with van der Waals surface area (Å²) in [5.74, 6) is 1.02. The number of nitrogens with two attached hydrogens (primary N) is 1. The summed E-state index contributed by atoms with van der Waals surface area (Å²) in [6.07, 6.45) is 3.94. The smallest absolute Gasteiger partial charge is 0.332 e. The molecule has 1 aliphatic rings. The van der Waals surface area contributed by atoms with Crippen LogP contribution in [0.15, 0.2) is 49.9 Å². The molecule has 1 fully saturated rings. The van der Waals surface area contributed by atoms with Gasteiger partial charge < -0.3 is 19.6 Å². The van der Waals surface area contributed by atoms with Gasteiger partial charge in [-0.05, 0) is 45.7 Å². The number of aryl methyl sites for hydroxylation is 2. The number of hydrogen-bond donors (Lipinski definition) is 1. The Morgan fingerprint density at radius 2 is 1.95 bits per heavy atom. The number of benzene rings is 1. The summed E-state index contributed by atoms with van der Waals surface area (Å²) in [6.45, 7) is 7.68. The van der Waals surface area contributed by atoms with Gasteiger partial charge in [-0.15, -0.1) is 0 Å². The Morgan fingerprint density at radius 3 is 2.72 bits per heavy atom. The van der Waals surface area contributed by atoms with E-state index in [0.717, 1.165) is 30.3 Å². The van der Waals surface area contributed by atoms with E-state index in [1.807, 2.05) is 55.7 Å². The fourth-order valence-corrected chi connectivity index (χ4v) is 5.38. The number of hydrogen-bond acceptors (Lipinski definition) is 8. The van der Waals surface area contributed by atoms with Gasteiger partial charge in [-0.1, -0.05) is 23.8 Å². The van der Waals surface area contributed by atoms with Gasteiger partial charge in [0, 0.05) is 38.1 Å². The van der Waals surface area contributed by atoms with Crippen LogP contribution in [0.5, 0.6) is 0 Å². The van der Waals surface area contributed by atoms with Crippen molar-refractivity contribution in [2.75, 3.05) is 18.0 Å². The van der Waals surface area contributed by atoms with Crippen molar-refractivity contribution in [2.45, 2.75) is 52.7 Å². The van der Waals surface area contributed by atoms with Crippen molar-refractivity contribution < 1.29 is 4.42 Å². The van der Waals surface area contributed by atoms with Crippen molar-refractivity contribution >= 4 is 39.2 Å². The fraction of sp³-hybridized carbons (Fsp3) is 0.393. The van der Waals surface area contributed by atoms with Crippen LogP contribution in [-0.4, -0.2) is 47.8 Å². The molecule has 5 heterocycles. The summed E-state index contributed by atoms with van der Waals surface area (Å²) >= 11 is 0. The Morgan fingerprint density at radius 1 is 1.15 bits per heavy atom. The second-order valence-electron chi connectivity index (χ2n) is 10.6. The third kappa shape index (κ3) is 4.22. The van der Waals surface area contributed by atoms with Crippen LogP contribution in [0.2, 0.25) is 0 Å². The van der Waals surface area contributed by atoms with Crippen LogP contribution in [0, 0.1) is 6.92 Å². The fourth-order valence-electron chi connectivity index (χ4n) is 5.38. The van der Waals surface area contributed by atoms with Crippen LogP contribution in [0.25, 0.3) is 33.2 Å². The van der Waals surface area contributed by atoms with Gasteiger partial charge in [0.15, 0.2) is 16.7 Å². The summed E-state index contributed by atoms with van der Waals surface area (Å²) in [6, 6.07) is 7.67. The molecular formula is C28H32N8O3. The molecule has 0 radical (unpaired) electrons. The Bertz CT molecular complexity index is 1890. The third-order valence-corrected chi connectivity index (χ3v) is 7.37. The zero-order valence-electron chi connectivity index (χ0n) is 22.6. The molecule has 0 unspecified atom stereocenters. The van der Waals surface area contributed by atoms with E-state index in [4.69, 9.17) is 20.1 Å². The van der Waals surface area contributed by atoms with Crippen LogP contribution in [0.1, 0.15) is 38.2 Å². The second-order valence-corrected chi connectivity index (χ2v) is 10.6. The van der Waals surface area contributed by atoms with Gasteiger partial charge >= 0.3 is 5.69 Å². The molecular weight excluding hydrogens is 496 g/mol. The van der Waals surface area contributed by atoms with E-state index in [9.17, 15) is 9.59 Å². The molecule has 1 atom stereocenters. The molecule has 5 aromatic rings. The SMILES string of the molecule is CC(C)=CCn1c(N2CCC[C@@H](N)C2)nc2c1c(=O)n(Cc1nc(C)c3oc4ccccc4c3n1)c(=O)n2C. The highest BCUT2D eigenvalue weighted by Gasteiger charge is 2.26. The van der Waals surface area contributed by atoms with Gasteiger partial charge in [-0.3, -0.25) is 13.9 Å². The average Bonchev–Trinajstić information content (AvgIpc) is 3.48. The molecule has 202 valence electrons. The first-order chi connectivity index (χ1) is 18.7. The highest BCUT2D eigenvalue weighted by Crippen LogP contribution is 2.28. The molecule has 0 aliphatic carbocycles. The minimum absolute atomic E-state index is 0.0326. The molecule has 0 spiro atoms. The molecule has 0 bridgehead atoms. The predicted molar refractivity (Wildman–Crippen MR) is 151 cm³/mol. The normalized spacial score (nSPS) is 16.0. The number of furan rings is 1. The summed E-state index contributed by atoms with van der Waals surface area (Å²) < 4.78 is 10.5. The maximum atomic E-state index is 14.0. The van der Waals surface area contributed by atoms with Crippen LogP contribution < -0.4 is 21.9 Å². The first-order valence-corrected chi connectivity index (χ1v) is 13.2. The van der Waals surface area contributed by atoms with Gasteiger partial charge in [0.1, 0.15) is 16.9 Å². The van der Waals surface area contributed by atoms with E-state index in [0.29, 0.717) is 58.4 Å². The molecule has 1 saturated heterocycles. The number of anilines is 1. The lowest BCUT2D eigenvalue weighted by Crippen LogP contribution is -2.44. The maximum absolute atomic E-state index is 14.0. The highest BCUT2D eigenvalue weighted by atomic mass is 16.3. The molecule has 2 N–H and O–H groups in total. The molecule has 11 heteroatoms. The molecule has 1 aromatic carbocycles. The molecule has 0 saturated carbocycles. The molecule has 11 nitrogen and oxygen atoms in total. The summed E-state index contributed by atoms with van der Waals surface area (Å²) in [5.41, 5.74) is 9.84. The van der Waals surface area contributed by atoms with E-state index in [1.54, 1.807) is 7.05 Å². The van der Waals surface area contributed by atoms with Crippen molar-refractivity contribution in [2.24, 2.45) is 12.8 Å². The quantitative estimate of drug-likeness (QED) is 0.345. The number of nitrogens with zero attached hydrogens (tertiary/aromatic N) is 7. The summed E-state index contributed by atoms with van der Waals surface area (Å²) in [7, 11) is 1.64. The van der Waals surface area contributed by atoms with Crippen LogP contribution in [-0.2, 0) is 20.1 Å². The monoisotopic (exact) mass is 528 g/mol. The Kier molecular flexibility index (Phi) is 6.10. The minimum atomic E-state index is -0.473. The number of piperidine rings is 1. The topological polar surface area (TPSA) is 130 Å². The number of fused-ring (bicyclic) bond motifs is 4. The number of aromatic nitrogens is 6. The average molecular weight is 529 g/mol. The molecule has 39 heavy (non-hydrogen) atoms. The molecule has 0 amide bonds. The standard InChI is InChI=1S/C28H32N8O3/c1-16(2)11-13-35-23-25(32-27(35)34-12-7-8-18(29)14-34)33(4)28(38)36(26(23)37)15-21-30-17(3)24-22(31-21)19-9-5-6-10-20(19)39-24/h5-6,9-11,18H,7-8,12-15,29H2,1-4H3/t18-/m1/s1. The van der Waals surface area contributed by atoms with Crippen LogP contribution in [0.3, 0.4) is 0 Å². The van der Waals surface area contributed by atoms with E-state index in [-0.39, 0.29) is 12.6 Å². The van der Waals surface area contributed by atoms with Gasteiger partial charge in [-0.25, -0.2) is 14.8 Å². The summed E-state index contributed by atoms with van der Waals surface area (Å²) in [5, 5.41) is 0.860. The first-order valence-electron chi connectivity index (χ1n) is 13.2. The lowest BCUT2D eigenvalue weighted by Gasteiger charge is -2.31. The van der Waals surface area contributed by atoms with Gasteiger partial charge in [0.2, 0.25) is 5.95 Å². The van der Waals surface area contributed by atoms with Gasteiger partial charge in [0.25, 0.3) is 5.56 Å². The van der Waals surface area contributed by atoms with Gasteiger partial charge in [-0.2, -0.15) is 4.98 Å². The molecule has 6 rings (SSSR count). The zero-order valence-corrected chi connectivity index (χ0v) is 22.6. The third-order valence-electron chi connectivity index (χ3n) is 7.37. The largest absolute Gasteiger partial charge is 0.452 e. The molecule has 1 aliphatic heterocycles. The van der Waals surface area contributed by atoms with Crippen molar-refractivity contribution in [3.05, 3.63) is 68.3 Å². The predicted octanol–water partition coefficient (Wildman–Crippen LogP) is 2.84. The molecule has 4 aromatic heterocycles. The zero-order chi connectivity index (χ0) is 27.4. The van der Waals surface area contributed by atoms with Crippen molar-refractivity contribution in [1.29, 1.82) is 0 Å². The first kappa shape index (κ1) is 25.1. The van der Waals surface area contributed by atoms with Gasteiger partial charge in [0.05, 0.1) is 12.2 Å². The van der Waals surface area contributed by atoms with Crippen molar-refractivity contribution in [3.63, 3.8) is 0 Å². The number of allylic oxidation sites excluding steroid dienone is 2. The van der Waals surface area contributed by atoms with E-state index < -0.39 is 11.2 Å². The number of imidazole rings is 1.